The molecule has 1 heterocycles. The molecular weight excluding hydrogens is 380 g/mol. The van der Waals surface area contributed by atoms with Crippen LogP contribution in [-0.2, 0) is 16.4 Å². The van der Waals surface area contributed by atoms with E-state index in [1.165, 1.54) is 12.1 Å². The first-order chi connectivity index (χ1) is 13.5. The van der Waals surface area contributed by atoms with Gasteiger partial charge in [0.1, 0.15) is 13.2 Å². The Labute approximate surface area is 164 Å². The van der Waals surface area contributed by atoms with E-state index >= 15 is 0 Å². The minimum Gasteiger partial charge on any atom is -0.486 e. The Morgan fingerprint density at radius 2 is 1.82 bits per heavy atom. The summed E-state index contributed by atoms with van der Waals surface area (Å²) in [5.74, 6) is 1.15. The summed E-state index contributed by atoms with van der Waals surface area (Å²) < 4.78 is 38.3. The normalized spacial score (nSPS) is 15.9. The molecule has 2 N–H and O–H groups in total. The molecule has 0 saturated heterocycles. The van der Waals surface area contributed by atoms with E-state index in [2.05, 4.69) is 10.0 Å². The second kappa shape index (κ2) is 7.81. The maximum Gasteiger partial charge on any atom is 0.251 e. The number of hydrogen-bond donors (Lipinski definition) is 2. The average molecular weight is 402 g/mol. The second-order valence-electron chi connectivity index (χ2n) is 6.91. The predicted octanol–water partition coefficient (Wildman–Crippen LogP) is 1.87. The van der Waals surface area contributed by atoms with Gasteiger partial charge in [0, 0.05) is 18.2 Å². The predicted molar refractivity (Wildman–Crippen MR) is 103 cm³/mol. The molecule has 0 spiro atoms. The molecule has 28 heavy (non-hydrogen) atoms. The Bertz CT molecular complexity index is 986. The molecule has 1 saturated carbocycles. The third-order valence-corrected chi connectivity index (χ3v) is 6.13. The molecular formula is C20H22N2O5S. The number of ether oxygens (including phenoxy) is 2. The largest absolute Gasteiger partial charge is 0.486 e. The Balaban J connectivity index is 1.35. The van der Waals surface area contributed by atoms with Crippen LogP contribution in [0, 0.1) is 0 Å². The van der Waals surface area contributed by atoms with Crippen LogP contribution >= 0.6 is 0 Å². The molecule has 0 radical (unpaired) electrons. The highest BCUT2D eigenvalue weighted by atomic mass is 32.2. The van der Waals surface area contributed by atoms with Crippen LogP contribution in [0.15, 0.2) is 47.4 Å². The lowest BCUT2D eigenvalue weighted by Gasteiger charge is -2.18. The van der Waals surface area contributed by atoms with E-state index in [0.717, 1.165) is 29.9 Å². The molecule has 1 aliphatic heterocycles. The molecule has 1 fully saturated rings. The van der Waals surface area contributed by atoms with Crippen LogP contribution in [0.2, 0.25) is 0 Å². The van der Waals surface area contributed by atoms with Gasteiger partial charge in [0.05, 0.1) is 4.90 Å². The molecule has 8 heteroatoms. The summed E-state index contributed by atoms with van der Waals surface area (Å²) in [6.45, 7) is 1.51. The van der Waals surface area contributed by atoms with Crippen LogP contribution < -0.4 is 19.5 Å². The summed E-state index contributed by atoms with van der Waals surface area (Å²) in [5.41, 5.74) is 1.34. The van der Waals surface area contributed by atoms with Gasteiger partial charge in [-0.25, -0.2) is 13.1 Å². The van der Waals surface area contributed by atoms with Gasteiger partial charge >= 0.3 is 0 Å². The average Bonchev–Trinajstić information content (AvgIpc) is 3.51. The van der Waals surface area contributed by atoms with E-state index in [4.69, 9.17) is 9.47 Å². The van der Waals surface area contributed by atoms with Crippen LogP contribution in [0.3, 0.4) is 0 Å². The van der Waals surface area contributed by atoms with Crippen molar-refractivity contribution in [2.45, 2.75) is 30.2 Å². The Morgan fingerprint density at radius 1 is 1.04 bits per heavy atom. The summed E-state index contributed by atoms with van der Waals surface area (Å²) in [6.07, 6.45) is 2.35. The Hall–Kier alpha value is -2.58. The molecule has 0 bridgehead atoms. The number of carbonyl (C=O) groups is 1. The van der Waals surface area contributed by atoms with Crippen LogP contribution in [-0.4, -0.2) is 40.1 Å². The summed E-state index contributed by atoms with van der Waals surface area (Å²) in [4.78, 5) is 12.5. The van der Waals surface area contributed by atoms with Crippen molar-refractivity contribution < 1.29 is 22.7 Å². The van der Waals surface area contributed by atoms with Crippen molar-refractivity contribution in [3.05, 3.63) is 53.6 Å². The van der Waals surface area contributed by atoms with E-state index in [1.807, 2.05) is 18.2 Å². The molecule has 2 aliphatic rings. The number of rotatable bonds is 7. The van der Waals surface area contributed by atoms with Gasteiger partial charge in [0.25, 0.3) is 5.91 Å². The zero-order valence-corrected chi connectivity index (χ0v) is 16.1. The van der Waals surface area contributed by atoms with Crippen LogP contribution in [0.25, 0.3) is 0 Å². The minimum atomic E-state index is -3.58. The van der Waals surface area contributed by atoms with Crippen LogP contribution in [0.5, 0.6) is 11.5 Å². The summed E-state index contributed by atoms with van der Waals surface area (Å²) >= 11 is 0. The lowest BCUT2D eigenvalue weighted by atomic mass is 10.1. The van der Waals surface area contributed by atoms with Gasteiger partial charge in [-0.3, -0.25) is 4.79 Å². The molecule has 4 rings (SSSR count). The number of fused-ring (bicyclic) bond motifs is 1. The van der Waals surface area contributed by atoms with E-state index in [1.54, 1.807) is 12.1 Å². The number of sulfonamides is 1. The quantitative estimate of drug-likeness (QED) is 0.738. The topological polar surface area (TPSA) is 93.7 Å². The van der Waals surface area contributed by atoms with Crippen molar-refractivity contribution in [3.8, 4) is 11.5 Å². The number of nitrogens with one attached hydrogen (secondary N) is 2. The van der Waals surface area contributed by atoms with Gasteiger partial charge in [0.2, 0.25) is 10.0 Å². The van der Waals surface area contributed by atoms with Crippen LogP contribution in [0.1, 0.15) is 28.8 Å². The molecule has 0 atom stereocenters. The second-order valence-corrected chi connectivity index (χ2v) is 8.62. The van der Waals surface area contributed by atoms with E-state index in [9.17, 15) is 13.2 Å². The van der Waals surface area contributed by atoms with E-state index in [-0.39, 0.29) is 16.8 Å². The molecule has 148 valence electrons. The van der Waals surface area contributed by atoms with Crippen molar-refractivity contribution in [3.63, 3.8) is 0 Å². The van der Waals surface area contributed by atoms with E-state index < -0.39 is 10.0 Å². The fourth-order valence-corrected chi connectivity index (χ4v) is 4.31. The summed E-state index contributed by atoms with van der Waals surface area (Å²) in [7, 11) is -3.58. The van der Waals surface area contributed by atoms with Crippen molar-refractivity contribution in [1.29, 1.82) is 0 Å². The van der Waals surface area contributed by atoms with Gasteiger partial charge < -0.3 is 14.8 Å². The molecule has 1 aliphatic carbocycles. The first kappa shape index (κ1) is 18.8. The molecule has 2 aromatic carbocycles. The highest BCUT2D eigenvalue weighted by Gasteiger charge is 2.28. The number of hydrogen-bond acceptors (Lipinski definition) is 5. The van der Waals surface area contributed by atoms with Gasteiger partial charge in [-0.1, -0.05) is 12.1 Å². The van der Waals surface area contributed by atoms with Crippen molar-refractivity contribution in [2.24, 2.45) is 0 Å². The van der Waals surface area contributed by atoms with Crippen molar-refractivity contribution in [2.75, 3.05) is 19.8 Å². The van der Waals surface area contributed by atoms with Gasteiger partial charge in [0.15, 0.2) is 11.5 Å². The van der Waals surface area contributed by atoms with Crippen molar-refractivity contribution >= 4 is 15.9 Å². The SMILES string of the molecule is O=C(NCCc1ccc2c(c1)OCCO2)c1cccc(S(=O)(=O)NC2CC2)c1. The fourth-order valence-electron chi connectivity index (χ4n) is 2.96. The maximum absolute atomic E-state index is 12.4. The zero-order chi connectivity index (χ0) is 19.6. The molecule has 7 nitrogen and oxygen atoms in total. The maximum atomic E-state index is 12.4. The van der Waals surface area contributed by atoms with Gasteiger partial charge in [-0.2, -0.15) is 0 Å². The highest BCUT2D eigenvalue weighted by Crippen LogP contribution is 2.30. The smallest absolute Gasteiger partial charge is 0.251 e. The fraction of sp³-hybridized carbons (Fsp3) is 0.350. The molecule has 0 unspecified atom stereocenters. The Kier molecular flexibility index (Phi) is 5.23. The molecule has 1 amide bonds. The monoisotopic (exact) mass is 402 g/mol. The standard InChI is InChI=1S/C20H22N2O5S/c23-20(15-2-1-3-17(13-15)28(24,25)22-16-5-6-16)21-9-8-14-4-7-18-19(12-14)27-11-10-26-18/h1-4,7,12-13,16,22H,5-6,8-11H2,(H,21,23). The summed E-state index contributed by atoms with van der Waals surface area (Å²) in [5, 5.41) is 2.83. The Morgan fingerprint density at radius 3 is 2.61 bits per heavy atom. The minimum absolute atomic E-state index is 0.0217. The first-order valence-corrected chi connectivity index (χ1v) is 10.8. The third kappa shape index (κ3) is 4.45. The zero-order valence-electron chi connectivity index (χ0n) is 15.3. The first-order valence-electron chi connectivity index (χ1n) is 9.30. The van der Waals surface area contributed by atoms with Crippen LogP contribution in [0.4, 0.5) is 0 Å². The molecule has 0 aromatic heterocycles. The third-order valence-electron chi connectivity index (χ3n) is 4.61. The number of carbonyl (C=O) groups excluding carboxylic acids is 1. The van der Waals surface area contributed by atoms with Crippen molar-refractivity contribution in [1.82, 2.24) is 10.0 Å². The van der Waals surface area contributed by atoms with Gasteiger partial charge in [-0.15, -0.1) is 0 Å². The molecule has 2 aromatic rings. The number of benzene rings is 2. The number of amides is 1. The highest BCUT2D eigenvalue weighted by molar-refractivity contribution is 7.89. The lowest BCUT2D eigenvalue weighted by Crippen LogP contribution is -2.28. The van der Waals surface area contributed by atoms with E-state index in [0.29, 0.717) is 31.7 Å². The lowest BCUT2D eigenvalue weighted by molar-refractivity contribution is 0.0954. The summed E-state index contributed by atoms with van der Waals surface area (Å²) in [6, 6.07) is 11.8. The van der Waals surface area contributed by atoms with Gasteiger partial charge in [-0.05, 0) is 55.2 Å².